The zero-order valence-corrected chi connectivity index (χ0v) is 7.90. The van der Waals surface area contributed by atoms with Crippen LogP contribution in [0.25, 0.3) is 0 Å². The Hall–Kier alpha value is -0.500. The molecule has 0 bridgehead atoms. The molecule has 1 aromatic rings. The van der Waals surface area contributed by atoms with Crippen LogP contribution in [-0.4, -0.2) is 5.11 Å². The van der Waals surface area contributed by atoms with E-state index in [-0.39, 0.29) is 0 Å². The van der Waals surface area contributed by atoms with Crippen molar-refractivity contribution < 1.29 is 5.11 Å². The van der Waals surface area contributed by atoms with E-state index in [1.54, 1.807) is 0 Å². The van der Waals surface area contributed by atoms with E-state index in [4.69, 9.17) is 0 Å². The van der Waals surface area contributed by atoms with E-state index in [1.165, 1.54) is 10.0 Å². The third kappa shape index (κ3) is 0.890. The molecular formula is C9H9BrO. The van der Waals surface area contributed by atoms with Gasteiger partial charge in [-0.05, 0) is 42.5 Å². The molecule has 0 saturated heterocycles. The molecule has 11 heavy (non-hydrogen) atoms. The Labute approximate surface area is 74.2 Å². The van der Waals surface area contributed by atoms with Gasteiger partial charge in [0, 0.05) is 4.47 Å². The minimum absolute atomic E-state index is 0.465. The summed E-state index contributed by atoms with van der Waals surface area (Å²) in [5.41, 5.74) is 3.55. The van der Waals surface area contributed by atoms with E-state index in [0.717, 1.165) is 24.0 Å². The van der Waals surface area contributed by atoms with Crippen molar-refractivity contribution >= 4 is 15.9 Å². The van der Waals surface area contributed by atoms with Crippen LogP contribution in [0.4, 0.5) is 0 Å². The molecule has 0 atom stereocenters. The molecular weight excluding hydrogens is 204 g/mol. The van der Waals surface area contributed by atoms with Crippen LogP contribution in [0, 0.1) is 6.92 Å². The van der Waals surface area contributed by atoms with E-state index in [1.807, 2.05) is 13.0 Å². The van der Waals surface area contributed by atoms with Crippen molar-refractivity contribution in [3.8, 4) is 5.75 Å². The SMILES string of the molecule is Cc1cc(O)c2c(c1Br)CC2. The van der Waals surface area contributed by atoms with E-state index < -0.39 is 0 Å². The number of phenols is 1. The zero-order valence-electron chi connectivity index (χ0n) is 6.32. The van der Waals surface area contributed by atoms with Crippen molar-refractivity contribution in [2.24, 2.45) is 0 Å². The molecule has 1 aliphatic carbocycles. The number of fused-ring (bicyclic) bond motifs is 1. The minimum Gasteiger partial charge on any atom is -0.508 e. The lowest BCUT2D eigenvalue weighted by Gasteiger charge is -2.22. The van der Waals surface area contributed by atoms with Gasteiger partial charge in [-0.15, -0.1) is 0 Å². The first-order valence-electron chi connectivity index (χ1n) is 3.70. The van der Waals surface area contributed by atoms with Crippen LogP contribution in [0.5, 0.6) is 5.75 Å². The van der Waals surface area contributed by atoms with Crippen molar-refractivity contribution in [2.75, 3.05) is 0 Å². The van der Waals surface area contributed by atoms with E-state index in [9.17, 15) is 5.11 Å². The van der Waals surface area contributed by atoms with Gasteiger partial charge in [0.25, 0.3) is 0 Å². The monoisotopic (exact) mass is 212 g/mol. The van der Waals surface area contributed by atoms with Crippen molar-refractivity contribution in [3.05, 3.63) is 27.2 Å². The fraction of sp³-hybridized carbons (Fsp3) is 0.333. The van der Waals surface area contributed by atoms with Crippen LogP contribution < -0.4 is 0 Å². The second-order valence-corrected chi connectivity index (χ2v) is 3.78. The van der Waals surface area contributed by atoms with Crippen LogP contribution in [0.2, 0.25) is 0 Å². The minimum atomic E-state index is 0.465. The highest BCUT2D eigenvalue weighted by atomic mass is 79.9. The first kappa shape index (κ1) is 7.17. The molecule has 0 aromatic heterocycles. The van der Waals surface area contributed by atoms with Crippen LogP contribution in [-0.2, 0) is 12.8 Å². The van der Waals surface area contributed by atoms with Gasteiger partial charge in [-0.2, -0.15) is 0 Å². The maximum Gasteiger partial charge on any atom is 0.119 e. The highest BCUT2D eigenvalue weighted by Crippen LogP contribution is 2.38. The Bertz CT molecular complexity index is 298. The van der Waals surface area contributed by atoms with Gasteiger partial charge in [0.1, 0.15) is 5.75 Å². The fourth-order valence-electron chi connectivity index (χ4n) is 1.49. The molecule has 0 unspecified atom stereocenters. The lowest BCUT2D eigenvalue weighted by molar-refractivity contribution is 0.460. The summed E-state index contributed by atoms with van der Waals surface area (Å²) < 4.78 is 1.18. The molecule has 1 aromatic carbocycles. The first-order chi connectivity index (χ1) is 5.20. The summed E-state index contributed by atoms with van der Waals surface area (Å²) in [4.78, 5) is 0. The maximum atomic E-state index is 9.44. The number of hydrogen-bond acceptors (Lipinski definition) is 1. The summed E-state index contributed by atoms with van der Waals surface area (Å²) in [7, 11) is 0. The van der Waals surface area contributed by atoms with Gasteiger partial charge in [0.05, 0.1) is 0 Å². The molecule has 2 rings (SSSR count). The molecule has 1 nitrogen and oxygen atoms in total. The van der Waals surface area contributed by atoms with Crippen LogP contribution in [0.15, 0.2) is 10.5 Å². The molecule has 0 amide bonds. The number of rotatable bonds is 0. The third-order valence-corrected chi connectivity index (χ3v) is 3.37. The van der Waals surface area contributed by atoms with Gasteiger partial charge in [-0.25, -0.2) is 0 Å². The molecule has 0 spiro atoms. The first-order valence-corrected chi connectivity index (χ1v) is 4.49. The zero-order chi connectivity index (χ0) is 8.01. The van der Waals surface area contributed by atoms with E-state index in [0.29, 0.717) is 5.75 Å². The van der Waals surface area contributed by atoms with Crippen molar-refractivity contribution in [2.45, 2.75) is 19.8 Å². The molecule has 0 aliphatic heterocycles. The van der Waals surface area contributed by atoms with Crippen molar-refractivity contribution in [1.82, 2.24) is 0 Å². The van der Waals surface area contributed by atoms with Gasteiger partial charge >= 0.3 is 0 Å². The third-order valence-electron chi connectivity index (χ3n) is 2.26. The molecule has 0 fully saturated rings. The van der Waals surface area contributed by atoms with E-state index in [2.05, 4.69) is 15.9 Å². The average molecular weight is 213 g/mol. The normalized spacial score (nSPS) is 14.0. The lowest BCUT2D eigenvalue weighted by Crippen LogP contribution is -2.10. The fourth-order valence-corrected chi connectivity index (χ4v) is 2.05. The quantitative estimate of drug-likeness (QED) is 0.702. The number of benzene rings is 1. The highest BCUT2D eigenvalue weighted by Gasteiger charge is 2.21. The van der Waals surface area contributed by atoms with Gasteiger partial charge in [0.2, 0.25) is 0 Å². The lowest BCUT2D eigenvalue weighted by atomic mass is 9.86. The number of aromatic hydroxyl groups is 1. The Balaban J connectivity index is 2.70. The summed E-state index contributed by atoms with van der Waals surface area (Å²) >= 11 is 3.50. The van der Waals surface area contributed by atoms with E-state index >= 15 is 0 Å². The Morgan fingerprint density at radius 2 is 2.00 bits per heavy atom. The molecule has 0 saturated carbocycles. The standard InChI is InChI=1S/C9H9BrO/c1-5-4-8(11)6-2-3-7(6)9(5)10/h4,11H,2-3H2,1H3. The van der Waals surface area contributed by atoms with Crippen LogP contribution in [0.1, 0.15) is 16.7 Å². The smallest absolute Gasteiger partial charge is 0.119 e. The molecule has 0 heterocycles. The van der Waals surface area contributed by atoms with Crippen LogP contribution in [0.3, 0.4) is 0 Å². The number of halogens is 1. The summed E-state index contributed by atoms with van der Waals surface area (Å²) in [5.74, 6) is 0.465. The molecule has 1 aliphatic rings. The van der Waals surface area contributed by atoms with Gasteiger partial charge in [-0.3, -0.25) is 0 Å². The van der Waals surface area contributed by atoms with Crippen molar-refractivity contribution in [3.63, 3.8) is 0 Å². The number of aryl methyl sites for hydroxylation is 1. The topological polar surface area (TPSA) is 20.2 Å². The van der Waals surface area contributed by atoms with Gasteiger partial charge in [-0.1, -0.05) is 15.9 Å². The van der Waals surface area contributed by atoms with Crippen molar-refractivity contribution in [1.29, 1.82) is 0 Å². The Morgan fingerprint density at radius 1 is 1.36 bits per heavy atom. The number of hydrogen-bond donors (Lipinski definition) is 1. The summed E-state index contributed by atoms with van der Waals surface area (Å²) in [6.07, 6.45) is 2.13. The Kier molecular flexibility index (Phi) is 1.46. The summed E-state index contributed by atoms with van der Waals surface area (Å²) in [6, 6.07) is 1.82. The molecule has 2 heteroatoms. The van der Waals surface area contributed by atoms with Crippen LogP contribution >= 0.6 is 15.9 Å². The highest BCUT2D eigenvalue weighted by molar-refractivity contribution is 9.10. The Morgan fingerprint density at radius 3 is 2.55 bits per heavy atom. The average Bonchev–Trinajstić information content (AvgIpc) is 1.81. The predicted octanol–water partition coefficient (Wildman–Crippen LogP) is 2.56. The number of phenolic OH excluding ortho intramolecular Hbond substituents is 1. The molecule has 58 valence electrons. The van der Waals surface area contributed by atoms with Gasteiger partial charge < -0.3 is 5.11 Å². The second-order valence-electron chi connectivity index (χ2n) is 2.98. The molecule has 0 radical (unpaired) electrons. The summed E-state index contributed by atoms with van der Waals surface area (Å²) in [5, 5.41) is 9.44. The largest absolute Gasteiger partial charge is 0.508 e. The predicted molar refractivity (Wildman–Crippen MR) is 48.0 cm³/mol. The molecule has 1 N–H and O–H groups in total. The maximum absolute atomic E-state index is 9.44. The second kappa shape index (κ2) is 2.24. The summed E-state index contributed by atoms with van der Waals surface area (Å²) in [6.45, 7) is 2.00. The van der Waals surface area contributed by atoms with Gasteiger partial charge in [0.15, 0.2) is 0 Å².